The molecule has 0 unspecified atom stereocenters. The van der Waals surface area contributed by atoms with E-state index in [1.54, 1.807) is 6.08 Å². The number of esters is 1. The first-order chi connectivity index (χ1) is 6.25. The maximum Gasteiger partial charge on any atom is 0.335 e. The van der Waals surface area contributed by atoms with E-state index in [2.05, 4.69) is 4.74 Å². The average Bonchev–Trinajstić information content (AvgIpc) is 2.20. The molecular weight excluding hydrogens is 166 g/mol. The number of rotatable bonds is 1. The molecule has 0 fully saturated rings. The van der Waals surface area contributed by atoms with Crippen LogP contribution in [0, 0.1) is 0 Å². The molecule has 1 rings (SSSR count). The minimum Gasteiger partial charge on any atom is -0.466 e. The van der Waals surface area contributed by atoms with Crippen LogP contribution < -0.4 is 5.73 Å². The first kappa shape index (κ1) is 11.8. The summed E-state index contributed by atoms with van der Waals surface area (Å²) in [5.41, 5.74) is 6.67. The highest BCUT2D eigenvalue weighted by Crippen LogP contribution is 2.16. The average molecular weight is 183 g/mol. The molecule has 3 heteroatoms. The Balaban J connectivity index is 0.000000671. The second kappa shape index (κ2) is 6.29. The van der Waals surface area contributed by atoms with Gasteiger partial charge < -0.3 is 10.5 Å². The van der Waals surface area contributed by atoms with Gasteiger partial charge in [-0.15, -0.1) is 0 Å². The van der Waals surface area contributed by atoms with E-state index in [-0.39, 0.29) is 5.97 Å². The summed E-state index contributed by atoms with van der Waals surface area (Å²) >= 11 is 0. The van der Waals surface area contributed by atoms with E-state index in [0.29, 0.717) is 17.7 Å². The number of nitrogens with two attached hydrogens (primary N) is 1. The van der Waals surface area contributed by atoms with Crippen molar-refractivity contribution in [3.05, 3.63) is 23.4 Å². The Kier molecular flexibility index (Phi) is 5.68. The summed E-state index contributed by atoms with van der Waals surface area (Å²) in [5, 5.41) is 0. The molecule has 0 saturated carbocycles. The van der Waals surface area contributed by atoms with Crippen LogP contribution in [0.15, 0.2) is 23.4 Å². The number of methoxy groups -OCH3 is 1. The lowest BCUT2D eigenvalue weighted by molar-refractivity contribution is -0.136. The molecule has 13 heavy (non-hydrogen) atoms. The van der Waals surface area contributed by atoms with Crippen LogP contribution in [0.1, 0.15) is 26.7 Å². The fourth-order valence-corrected chi connectivity index (χ4v) is 1.03. The van der Waals surface area contributed by atoms with E-state index in [0.717, 1.165) is 6.42 Å². The van der Waals surface area contributed by atoms with Gasteiger partial charge in [-0.2, -0.15) is 0 Å². The maximum atomic E-state index is 11.0. The molecule has 1 aliphatic rings. The van der Waals surface area contributed by atoms with Gasteiger partial charge in [-0.05, 0) is 18.9 Å². The number of carbonyl (C=O) groups is 1. The minimum absolute atomic E-state index is 0.313. The second-order valence-corrected chi connectivity index (χ2v) is 2.37. The summed E-state index contributed by atoms with van der Waals surface area (Å²) in [6, 6.07) is 0. The zero-order chi connectivity index (χ0) is 10.3. The molecule has 0 aromatic carbocycles. The van der Waals surface area contributed by atoms with Gasteiger partial charge in [0.1, 0.15) is 0 Å². The van der Waals surface area contributed by atoms with E-state index in [9.17, 15) is 4.79 Å². The summed E-state index contributed by atoms with van der Waals surface area (Å²) in [5.74, 6) is -0.313. The van der Waals surface area contributed by atoms with Crippen molar-refractivity contribution in [3.8, 4) is 0 Å². The standard InChI is InChI=1S/C8H11NO2.C2H6/c1-11-8(10)6-4-2-3-5-7(6)9;1-2/h3,5H,2,4,9H2,1H3;1-2H3. The number of ether oxygens (including phenoxy) is 1. The van der Waals surface area contributed by atoms with Crippen molar-refractivity contribution in [2.45, 2.75) is 26.7 Å². The quantitative estimate of drug-likeness (QED) is 0.630. The summed E-state index contributed by atoms with van der Waals surface area (Å²) in [6.45, 7) is 4.00. The molecule has 0 bridgehead atoms. The van der Waals surface area contributed by atoms with Crippen molar-refractivity contribution in [1.82, 2.24) is 0 Å². The van der Waals surface area contributed by atoms with Gasteiger partial charge in [0.2, 0.25) is 0 Å². The zero-order valence-corrected chi connectivity index (χ0v) is 8.46. The largest absolute Gasteiger partial charge is 0.466 e. The lowest BCUT2D eigenvalue weighted by atomic mass is 10.0. The zero-order valence-electron chi connectivity index (χ0n) is 8.46. The van der Waals surface area contributed by atoms with Crippen LogP contribution >= 0.6 is 0 Å². The molecule has 0 aliphatic heterocycles. The Morgan fingerprint density at radius 3 is 2.62 bits per heavy atom. The molecule has 0 aromatic rings. The molecule has 0 atom stereocenters. The SMILES string of the molecule is CC.COC(=O)C1=C(N)C=CCC1. The van der Waals surface area contributed by atoms with E-state index in [4.69, 9.17) is 5.73 Å². The molecule has 0 radical (unpaired) electrons. The van der Waals surface area contributed by atoms with Crippen LogP contribution in [-0.2, 0) is 9.53 Å². The van der Waals surface area contributed by atoms with Gasteiger partial charge in [0, 0.05) is 5.70 Å². The molecule has 74 valence electrons. The Bertz CT molecular complexity index is 229. The Morgan fingerprint density at radius 2 is 2.15 bits per heavy atom. The summed E-state index contributed by atoms with van der Waals surface area (Å²) in [4.78, 5) is 11.0. The number of hydrogen-bond acceptors (Lipinski definition) is 3. The smallest absolute Gasteiger partial charge is 0.335 e. The summed E-state index contributed by atoms with van der Waals surface area (Å²) < 4.78 is 4.55. The number of hydrogen-bond donors (Lipinski definition) is 1. The van der Waals surface area contributed by atoms with Crippen molar-refractivity contribution in [1.29, 1.82) is 0 Å². The fourth-order valence-electron chi connectivity index (χ4n) is 1.03. The summed E-state index contributed by atoms with van der Waals surface area (Å²) in [6.07, 6.45) is 5.25. The maximum absolute atomic E-state index is 11.0. The van der Waals surface area contributed by atoms with Crippen LogP contribution in [0.4, 0.5) is 0 Å². The van der Waals surface area contributed by atoms with Crippen molar-refractivity contribution in [3.63, 3.8) is 0 Å². The second-order valence-electron chi connectivity index (χ2n) is 2.37. The highest BCUT2D eigenvalue weighted by molar-refractivity contribution is 5.89. The fraction of sp³-hybridized carbons (Fsp3) is 0.500. The molecule has 0 saturated heterocycles. The molecule has 0 aromatic heterocycles. The van der Waals surface area contributed by atoms with E-state index >= 15 is 0 Å². The topological polar surface area (TPSA) is 52.3 Å². The Labute approximate surface area is 79.3 Å². The number of carbonyl (C=O) groups excluding carboxylic acids is 1. The normalized spacial score (nSPS) is 14.7. The van der Waals surface area contributed by atoms with Crippen molar-refractivity contribution in [2.75, 3.05) is 7.11 Å². The van der Waals surface area contributed by atoms with Crippen LogP contribution in [-0.4, -0.2) is 13.1 Å². The molecule has 0 heterocycles. The molecule has 2 N–H and O–H groups in total. The lowest BCUT2D eigenvalue weighted by Gasteiger charge is -2.09. The first-order valence-electron chi connectivity index (χ1n) is 4.49. The lowest BCUT2D eigenvalue weighted by Crippen LogP contribution is -2.13. The molecule has 3 nitrogen and oxygen atoms in total. The van der Waals surface area contributed by atoms with Gasteiger partial charge in [0.15, 0.2) is 0 Å². The molecular formula is C10H17NO2. The van der Waals surface area contributed by atoms with Gasteiger partial charge in [0.05, 0.1) is 12.7 Å². The molecule has 0 amide bonds. The first-order valence-corrected chi connectivity index (χ1v) is 4.49. The van der Waals surface area contributed by atoms with Gasteiger partial charge in [-0.25, -0.2) is 4.79 Å². The van der Waals surface area contributed by atoms with Gasteiger partial charge >= 0.3 is 5.97 Å². The monoisotopic (exact) mass is 183 g/mol. The van der Waals surface area contributed by atoms with E-state index in [1.807, 2.05) is 19.9 Å². The van der Waals surface area contributed by atoms with Crippen LogP contribution in [0.3, 0.4) is 0 Å². The highest BCUT2D eigenvalue weighted by Gasteiger charge is 2.13. The van der Waals surface area contributed by atoms with Gasteiger partial charge in [0.25, 0.3) is 0 Å². The van der Waals surface area contributed by atoms with E-state index in [1.165, 1.54) is 7.11 Å². The van der Waals surface area contributed by atoms with Gasteiger partial charge in [-0.3, -0.25) is 0 Å². The van der Waals surface area contributed by atoms with Crippen LogP contribution in [0.25, 0.3) is 0 Å². The highest BCUT2D eigenvalue weighted by atomic mass is 16.5. The van der Waals surface area contributed by atoms with Crippen molar-refractivity contribution in [2.24, 2.45) is 5.73 Å². The van der Waals surface area contributed by atoms with Crippen molar-refractivity contribution >= 4 is 5.97 Å². The minimum atomic E-state index is -0.313. The third-order valence-corrected chi connectivity index (χ3v) is 1.64. The van der Waals surface area contributed by atoms with Crippen LogP contribution in [0.2, 0.25) is 0 Å². The summed E-state index contributed by atoms with van der Waals surface area (Å²) in [7, 11) is 1.36. The predicted octanol–water partition coefficient (Wildman–Crippen LogP) is 1.75. The third-order valence-electron chi connectivity index (χ3n) is 1.64. The Hall–Kier alpha value is -1.25. The molecule has 1 aliphatic carbocycles. The van der Waals surface area contributed by atoms with Crippen LogP contribution in [0.5, 0.6) is 0 Å². The Morgan fingerprint density at radius 1 is 1.54 bits per heavy atom. The predicted molar refractivity (Wildman–Crippen MR) is 53.0 cm³/mol. The van der Waals surface area contributed by atoms with E-state index < -0.39 is 0 Å². The van der Waals surface area contributed by atoms with Gasteiger partial charge in [-0.1, -0.05) is 19.9 Å². The molecule has 0 spiro atoms. The van der Waals surface area contributed by atoms with Crippen molar-refractivity contribution < 1.29 is 9.53 Å². The number of allylic oxidation sites excluding steroid dienone is 2. The third kappa shape index (κ3) is 3.32.